The van der Waals surface area contributed by atoms with Gasteiger partial charge in [0.2, 0.25) is 5.91 Å². The first-order valence-electron chi connectivity index (χ1n) is 8.90. The van der Waals surface area contributed by atoms with E-state index in [1.165, 1.54) is 12.1 Å². The fourth-order valence-corrected chi connectivity index (χ4v) is 3.02. The molecule has 1 N–H and O–H groups in total. The Morgan fingerprint density at radius 2 is 1.86 bits per heavy atom. The molecule has 0 saturated heterocycles. The predicted octanol–water partition coefficient (Wildman–Crippen LogP) is 5.82. The summed E-state index contributed by atoms with van der Waals surface area (Å²) in [7, 11) is 0. The highest BCUT2D eigenvalue weighted by Gasteiger charge is 2.30. The molecule has 0 spiro atoms. The van der Waals surface area contributed by atoms with Gasteiger partial charge in [0, 0.05) is 18.4 Å². The Labute approximate surface area is 170 Å². The third-order valence-electron chi connectivity index (χ3n) is 4.37. The first-order valence-corrected chi connectivity index (χ1v) is 9.28. The largest absolute Gasteiger partial charge is 0.441 e. The number of benzene rings is 2. The van der Waals surface area contributed by atoms with Crippen LogP contribution >= 0.6 is 11.6 Å². The molecule has 0 aliphatic rings. The van der Waals surface area contributed by atoms with E-state index >= 15 is 0 Å². The summed E-state index contributed by atoms with van der Waals surface area (Å²) in [5.41, 5.74) is 0.578. The number of amides is 1. The van der Waals surface area contributed by atoms with Crippen LogP contribution in [-0.2, 0) is 17.4 Å². The number of alkyl halides is 3. The molecule has 3 rings (SSSR count). The molecule has 29 heavy (non-hydrogen) atoms. The third kappa shape index (κ3) is 5.38. The van der Waals surface area contributed by atoms with Crippen LogP contribution in [-0.4, -0.2) is 10.9 Å². The van der Waals surface area contributed by atoms with Gasteiger partial charge in [-0.05, 0) is 36.8 Å². The van der Waals surface area contributed by atoms with Crippen LogP contribution in [0.5, 0.6) is 0 Å². The van der Waals surface area contributed by atoms with Gasteiger partial charge in [-0.2, -0.15) is 13.2 Å². The lowest BCUT2D eigenvalue weighted by Gasteiger charge is -2.15. The highest BCUT2D eigenvalue weighted by Crippen LogP contribution is 2.30. The number of rotatable bonds is 6. The standard InChI is InChI=1S/C21H18ClF3N2O2/c1-13(14-6-8-15(9-7-14)21(23,24)25)27-19(28)10-11-20-26-12-18(29-20)16-4-2-3-5-17(16)22/h2-9,12-13H,10-11H2,1H3,(H,27,28). The van der Waals surface area contributed by atoms with Gasteiger partial charge in [0.15, 0.2) is 11.7 Å². The molecule has 0 aliphatic carbocycles. The van der Waals surface area contributed by atoms with Crippen molar-refractivity contribution in [3.05, 3.63) is 76.8 Å². The third-order valence-corrected chi connectivity index (χ3v) is 4.70. The molecule has 0 radical (unpaired) electrons. The summed E-state index contributed by atoms with van der Waals surface area (Å²) in [6, 6.07) is 11.5. The Kier molecular flexibility index (Phi) is 6.27. The Bertz CT molecular complexity index is 984. The summed E-state index contributed by atoms with van der Waals surface area (Å²) in [6.07, 6.45) is -2.41. The first-order chi connectivity index (χ1) is 13.7. The van der Waals surface area contributed by atoms with E-state index in [4.69, 9.17) is 16.0 Å². The van der Waals surface area contributed by atoms with Crippen LogP contribution < -0.4 is 5.32 Å². The number of hydrogen-bond donors (Lipinski definition) is 1. The second-order valence-electron chi connectivity index (χ2n) is 6.51. The molecule has 1 aromatic heterocycles. The summed E-state index contributed by atoms with van der Waals surface area (Å²) in [6.45, 7) is 1.71. The predicted molar refractivity (Wildman–Crippen MR) is 103 cm³/mol. The van der Waals surface area contributed by atoms with Crippen molar-refractivity contribution in [3.63, 3.8) is 0 Å². The average Bonchev–Trinajstić information content (AvgIpc) is 3.15. The average molecular weight is 423 g/mol. The maximum atomic E-state index is 12.6. The first kappa shape index (κ1) is 20.9. The number of nitrogens with one attached hydrogen (secondary N) is 1. The van der Waals surface area contributed by atoms with Gasteiger partial charge in [0.25, 0.3) is 0 Å². The highest BCUT2D eigenvalue weighted by atomic mass is 35.5. The minimum atomic E-state index is -4.39. The van der Waals surface area contributed by atoms with Crippen molar-refractivity contribution in [2.24, 2.45) is 0 Å². The Balaban J connectivity index is 1.54. The molecule has 1 atom stereocenters. The molecule has 4 nitrogen and oxygen atoms in total. The maximum absolute atomic E-state index is 12.6. The van der Waals surface area contributed by atoms with Gasteiger partial charge in [-0.15, -0.1) is 0 Å². The lowest BCUT2D eigenvalue weighted by Crippen LogP contribution is -2.26. The summed E-state index contributed by atoms with van der Waals surface area (Å²) < 4.78 is 43.6. The number of carbonyl (C=O) groups is 1. The fourth-order valence-electron chi connectivity index (χ4n) is 2.79. The van der Waals surface area contributed by atoms with Gasteiger partial charge < -0.3 is 9.73 Å². The Morgan fingerprint density at radius 1 is 1.17 bits per heavy atom. The number of hydrogen-bond acceptors (Lipinski definition) is 3. The number of aromatic nitrogens is 1. The lowest BCUT2D eigenvalue weighted by molar-refractivity contribution is -0.137. The fraction of sp³-hybridized carbons (Fsp3) is 0.238. The topological polar surface area (TPSA) is 55.1 Å². The van der Waals surface area contributed by atoms with Crippen molar-refractivity contribution >= 4 is 17.5 Å². The summed E-state index contributed by atoms with van der Waals surface area (Å²) >= 11 is 6.13. The van der Waals surface area contributed by atoms with Gasteiger partial charge in [-0.1, -0.05) is 35.9 Å². The summed E-state index contributed by atoms with van der Waals surface area (Å²) in [5.74, 6) is 0.663. The second kappa shape index (κ2) is 8.69. The van der Waals surface area contributed by atoms with Crippen LogP contribution in [0.1, 0.15) is 36.4 Å². The van der Waals surface area contributed by atoms with Crippen LogP contribution in [0.25, 0.3) is 11.3 Å². The van der Waals surface area contributed by atoms with E-state index in [-0.39, 0.29) is 18.7 Å². The maximum Gasteiger partial charge on any atom is 0.416 e. The molecule has 0 aliphatic heterocycles. The van der Waals surface area contributed by atoms with Crippen molar-refractivity contribution in [1.29, 1.82) is 0 Å². The quantitative estimate of drug-likeness (QED) is 0.544. The molecule has 1 amide bonds. The monoisotopic (exact) mass is 422 g/mol. The van der Waals surface area contributed by atoms with Crippen LogP contribution in [0.4, 0.5) is 13.2 Å². The molecular formula is C21H18ClF3N2O2. The van der Waals surface area contributed by atoms with Crippen molar-refractivity contribution in [3.8, 4) is 11.3 Å². The number of oxazole rings is 1. The Morgan fingerprint density at radius 3 is 2.52 bits per heavy atom. The minimum Gasteiger partial charge on any atom is -0.441 e. The zero-order valence-electron chi connectivity index (χ0n) is 15.5. The van der Waals surface area contributed by atoms with Crippen molar-refractivity contribution in [1.82, 2.24) is 10.3 Å². The molecule has 0 bridgehead atoms. The summed E-state index contributed by atoms with van der Waals surface area (Å²) in [4.78, 5) is 16.3. The van der Waals surface area contributed by atoms with Crippen LogP contribution in [0.15, 0.2) is 59.1 Å². The van der Waals surface area contributed by atoms with E-state index in [0.717, 1.165) is 12.1 Å². The van der Waals surface area contributed by atoms with Gasteiger partial charge in [0.05, 0.1) is 22.8 Å². The van der Waals surface area contributed by atoms with Crippen LogP contribution in [0.2, 0.25) is 5.02 Å². The number of halogens is 4. The number of carbonyl (C=O) groups excluding carboxylic acids is 1. The van der Waals surface area contributed by atoms with Gasteiger partial charge in [0.1, 0.15) is 0 Å². The smallest absolute Gasteiger partial charge is 0.416 e. The van der Waals surface area contributed by atoms with Crippen molar-refractivity contribution < 1.29 is 22.4 Å². The van der Waals surface area contributed by atoms with E-state index in [0.29, 0.717) is 27.8 Å². The normalized spacial score (nSPS) is 12.6. The molecule has 3 aromatic rings. The van der Waals surface area contributed by atoms with E-state index < -0.39 is 17.8 Å². The molecule has 0 fully saturated rings. The highest BCUT2D eigenvalue weighted by molar-refractivity contribution is 6.33. The second-order valence-corrected chi connectivity index (χ2v) is 6.91. The van der Waals surface area contributed by atoms with E-state index in [1.54, 1.807) is 19.2 Å². The zero-order chi connectivity index (χ0) is 21.0. The molecule has 152 valence electrons. The van der Waals surface area contributed by atoms with Crippen LogP contribution in [0.3, 0.4) is 0 Å². The van der Waals surface area contributed by atoms with Crippen molar-refractivity contribution in [2.75, 3.05) is 0 Å². The SMILES string of the molecule is CC(NC(=O)CCc1ncc(-c2ccccc2Cl)o1)c1ccc(C(F)(F)F)cc1. The van der Waals surface area contributed by atoms with E-state index in [2.05, 4.69) is 10.3 Å². The summed E-state index contributed by atoms with van der Waals surface area (Å²) in [5, 5.41) is 3.30. The Hall–Kier alpha value is -2.80. The molecular weight excluding hydrogens is 405 g/mol. The van der Waals surface area contributed by atoms with Gasteiger partial charge >= 0.3 is 6.18 Å². The minimum absolute atomic E-state index is 0.132. The number of nitrogens with zero attached hydrogens (tertiary/aromatic N) is 1. The van der Waals surface area contributed by atoms with Gasteiger partial charge in [-0.25, -0.2) is 4.98 Å². The molecule has 1 heterocycles. The van der Waals surface area contributed by atoms with Crippen LogP contribution in [0, 0.1) is 0 Å². The molecule has 1 unspecified atom stereocenters. The lowest BCUT2D eigenvalue weighted by atomic mass is 10.1. The van der Waals surface area contributed by atoms with Gasteiger partial charge in [-0.3, -0.25) is 4.79 Å². The molecule has 2 aromatic carbocycles. The van der Waals surface area contributed by atoms with E-state index in [1.807, 2.05) is 18.2 Å². The van der Waals surface area contributed by atoms with E-state index in [9.17, 15) is 18.0 Å². The molecule has 8 heteroatoms. The number of aryl methyl sites for hydroxylation is 1. The molecule has 0 saturated carbocycles. The zero-order valence-corrected chi connectivity index (χ0v) is 16.2. The van der Waals surface area contributed by atoms with Crippen molar-refractivity contribution in [2.45, 2.75) is 32.0 Å².